The molecule has 7 heteroatoms. The quantitative estimate of drug-likeness (QED) is 0.569. The molecule has 1 aromatic heterocycles. The molecule has 20 heavy (non-hydrogen) atoms. The molecule has 1 heterocycles. The Bertz CT molecular complexity index is 562. The van der Waals surface area contributed by atoms with E-state index in [1.165, 1.54) is 0 Å². The van der Waals surface area contributed by atoms with Gasteiger partial charge in [-0.2, -0.15) is 0 Å². The van der Waals surface area contributed by atoms with Crippen molar-refractivity contribution < 1.29 is 4.74 Å². The number of thioether (sulfide) groups is 1. The number of nitrogens with zero attached hydrogens (tertiary/aromatic N) is 3. The number of ether oxygens (including phenoxy) is 1. The van der Waals surface area contributed by atoms with Crippen LogP contribution in [0.25, 0.3) is 0 Å². The van der Waals surface area contributed by atoms with Crippen LogP contribution >= 0.6 is 35.0 Å². The van der Waals surface area contributed by atoms with E-state index >= 15 is 0 Å². The van der Waals surface area contributed by atoms with Gasteiger partial charge in [-0.1, -0.05) is 41.0 Å². The molecule has 108 valence electrons. The van der Waals surface area contributed by atoms with Crippen LogP contribution in [0.15, 0.2) is 29.7 Å². The first kappa shape index (κ1) is 15.6. The van der Waals surface area contributed by atoms with E-state index in [1.54, 1.807) is 25.2 Å². The van der Waals surface area contributed by atoms with Crippen LogP contribution in [0, 0.1) is 0 Å². The molecule has 0 unspecified atom stereocenters. The zero-order valence-corrected chi connectivity index (χ0v) is 13.4. The highest BCUT2D eigenvalue weighted by molar-refractivity contribution is 7.98. The van der Waals surface area contributed by atoms with Gasteiger partial charge in [0.1, 0.15) is 6.33 Å². The molecule has 2 rings (SSSR count). The molecule has 2 aromatic rings. The zero-order chi connectivity index (χ0) is 14.4. The topological polar surface area (TPSA) is 39.9 Å². The van der Waals surface area contributed by atoms with Crippen LogP contribution in [-0.4, -0.2) is 28.5 Å². The summed E-state index contributed by atoms with van der Waals surface area (Å²) >= 11 is 13.5. The second kappa shape index (κ2) is 7.88. The number of rotatable bonds is 7. The van der Waals surface area contributed by atoms with Crippen molar-refractivity contribution in [1.82, 2.24) is 14.8 Å². The average Bonchev–Trinajstić information content (AvgIpc) is 2.88. The van der Waals surface area contributed by atoms with Crippen molar-refractivity contribution in [3.63, 3.8) is 0 Å². The normalized spacial score (nSPS) is 10.9. The number of halogens is 2. The minimum atomic E-state index is 0.572. The van der Waals surface area contributed by atoms with Crippen molar-refractivity contribution in [3.05, 3.63) is 40.1 Å². The number of methoxy groups -OCH3 is 1. The monoisotopic (exact) mass is 331 g/mol. The molecule has 0 bridgehead atoms. The fourth-order valence-corrected chi connectivity index (χ4v) is 2.87. The van der Waals surface area contributed by atoms with Crippen molar-refractivity contribution >= 4 is 35.0 Å². The van der Waals surface area contributed by atoms with E-state index in [1.807, 2.05) is 22.8 Å². The summed E-state index contributed by atoms with van der Waals surface area (Å²) in [7, 11) is 1.70. The summed E-state index contributed by atoms with van der Waals surface area (Å²) in [5, 5.41) is 10.1. The summed E-state index contributed by atoms with van der Waals surface area (Å²) in [6, 6.07) is 5.65. The van der Waals surface area contributed by atoms with Crippen molar-refractivity contribution in [2.75, 3.05) is 13.7 Å². The molecule has 0 aliphatic rings. The lowest BCUT2D eigenvalue weighted by Gasteiger charge is -2.06. The molecule has 0 saturated heterocycles. The number of aryl methyl sites for hydroxylation is 1. The maximum Gasteiger partial charge on any atom is 0.191 e. The molecule has 0 aliphatic carbocycles. The van der Waals surface area contributed by atoms with Gasteiger partial charge in [-0.15, -0.1) is 10.2 Å². The Labute approximate surface area is 132 Å². The standard InChI is InChI=1S/C13H15Cl2N3OS/c1-19-6-2-5-18-9-16-17-13(18)20-8-10-3-4-11(14)12(15)7-10/h3-4,7,9H,2,5-6,8H2,1H3. The summed E-state index contributed by atoms with van der Waals surface area (Å²) in [6.45, 7) is 1.58. The van der Waals surface area contributed by atoms with E-state index in [2.05, 4.69) is 10.2 Å². The van der Waals surface area contributed by atoms with E-state index in [-0.39, 0.29) is 0 Å². The number of aromatic nitrogens is 3. The van der Waals surface area contributed by atoms with E-state index in [0.29, 0.717) is 10.0 Å². The predicted molar refractivity (Wildman–Crippen MR) is 82.5 cm³/mol. The third-order valence-electron chi connectivity index (χ3n) is 2.68. The lowest BCUT2D eigenvalue weighted by atomic mass is 10.2. The van der Waals surface area contributed by atoms with Gasteiger partial charge in [0.05, 0.1) is 10.0 Å². The lowest BCUT2D eigenvalue weighted by Crippen LogP contribution is -2.02. The largest absolute Gasteiger partial charge is 0.385 e. The maximum absolute atomic E-state index is 6.00. The Kier molecular flexibility index (Phi) is 6.16. The van der Waals surface area contributed by atoms with E-state index in [4.69, 9.17) is 27.9 Å². The summed E-state index contributed by atoms with van der Waals surface area (Å²) in [4.78, 5) is 0. The average molecular weight is 332 g/mol. The Morgan fingerprint density at radius 1 is 1.30 bits per heavy atom. The van der Waals surface area contributed by atoms with Gasteiger partial charge < -0.3 is 9.30 Å². The first-order valence-electron chi connectivity index (χ1n) is 6.14. The highest BCUT2D eigenvalue weighted by Gasteiger charge is 2.06. The van der Waals surface area contributed by atoms with E-state index < -0.39 is 0 Å². The lowest BCUT2D eigenvalue weighted by molar-refractivity contribution is 0.189. The molecule has 4 nitrogen and oxygen atoms in total. The predicted octanol–water partition coefficient (Wildman–Crippen LogP) is 3.91. The second-order valence-electron chi connectivity index (χ2n) is 4.19. The Morgan fingerprint density at radius 2 is 2.15 bits per heavy atom. The van der Waals surface area contributed by atoms with Gasteiger partial charge in [0.2, 0.25) is 0 Å². The minimum Gasteiger partial charge on any atom is -0.385 e. The summed E-state index contributed by atoms with van der Waals surface area (Å²) in [6.07, 6.45) is 2.68. The van der Waals surface area contributed by atoms with Gasteiger partial charge >= 0.3 is 0 Å². The summed E-state index contributed by atoms with van der Waals surface area (Å²) in [5.41, 5.74) is 1.11. The minimum absolute atomic E-state index is 0.572. The second-order valence-corrected chi connectivity index (χ2v) is 5.95. The third kappa shape index (κ3) is 4.38. The van der Waals surface area contributed by atoms with Gasteiger partial charge in [-0.05, 0) is 24.1 Å². The molecule has 1 aromatic carbocycles. The molecule has 0 aliphatic heterocycles. The van der Waals surface area contributed by atoms with E-state index in [0.717, 1.165) is 36.0 Å². The van der Waals surface area contributed by atoms with Gasteiger partial charge in [-0.3, -0.25) is 0 Å². The molecule has 0 radical (unpaired) electrons. The fraction of sp³-hybridized carbons (Fsp3) is 0.385. The molecular weight excluding hydrogens is 317 g/mol. The highest BCUT2D eigenvalue weighted by Crippen LogP contribution is 2.26. The third-order valence-corrected chi connectivity index (χ3v) is 4.47. The van der Waals surface area contributed by atoms with Crippen LogP contribution < -0.4 is 0 Å². The van der Waals surface area contributed by atoms with Crippen LogP contribution in [0.5, 0.6) is 0 Å². The first-order valence-corrected chi connectivity index (χ1v) is 7.88. The van der Waals surface area contributed by atoms with Gasteiger partial charge in [0, 0.05) is 26.0 Å². The van der Waals surface area contributed by atoms with Crippen molar-refractivity contribution in [3.8, 4) is 0 Å². The van der Waals surface area contributed by atoms with Crippen LogP contribution in [-0.2, 0) is 17.0 Å². The molecule has 0 spiro atoms. The Balaban J connectivity index is 1.93. The van der Waals surface area contributed by atoms with Crippen molar-refractivity contribution in [2.24, 2.45) is 0 Å². The molecular formula is C13H15Cl2N3OS. The molecule has 0 fully saturated rings. The van der Waals surface area contributed by atoms with Crippen molar-refractivity contribution in [2.45, 2.75) is 23.9 Å². The highest BCUT2D eigenvalue weighted by atomic mass is 35.5. The van der Waals surface area contributed by atoms with Crippen LogP contribution in [0.2, 0.25) is 10.0 Å². The molecule has 0 atom stereocenters. The van der Waals surface area contributed by atoms with Gasteiger partial charge in [0.15, 0.2) is 5.16 Å². The van der Waals surface area contributed by atoms with Crippen LogP contribution in [0.1, 0.15) is 12.0 Å². The molecule has 0 saturated carbocycles. The maximum atomic E-state index is 6.00. The van der Waals surface area contributed by atoms with Gasteiger partial charge in [-0.25, -0.2) is 0 Å². The number of hydrogen-bond donors (Lipinski definition) is 0. The fourth-order valence-electron chi connectivity index (χ4n) is 1.67. The number of benzene rings is 1. The van der Waals surface area contributed by atoms with E-state index in [9.17, 15) is 0 Å². The van der Waals surface area contributed by atoms with Crippen molar-refractivity contribution in [1.29, 1.82) is 0 Å². The first-order chi connectivity index (χ1) is 9.70. The Morgan fingerprint density at radius 3 is 2.90 bits per heavy atom. The zero-order valence-electron chi connectivity index (χ0n) is 11.1. The molecule has 0 N–H and O–H groups in total. The Hall–Kier alpha value is -0.750. The number of hydrogen-bond acceptors (Lipinski definition) is 4. The summed E-state index contributed by atoms with van der Waals surface area (Å²) in [5.74, 6) is 0.778. The summed E-state index contributed by atoms with van der Waals surface area (Å²) < 4.78 is 7.07. The van der Waals surface area contributed by atoms with Crippen LogP contribution in [0.3, 0.4) is 0 Å². The molecule has 0 amide bonds. The van der Waals surface area contributed by atoms with Gasteiger partial charge in [0.25, 0.3) is 0 Å². The smallest absolute Gasteiger partial charge is 0.191 e. The van der Waals surface area contributed by atoms with Crippen LogP contribution in [0.4, 0.5) is 0 Å². The SMILES string of the molecule is COCCCn1cnnc1SCc1ccc(Cl)c(Cl)c1.